The molecular formula is C40H80N2O6P+. The first-order chi connectivity index (χ1) is 23.5. The average Bonchev–Trinajstić information content (AvgIpc) is 3.04. The average molecular weight is 716 g/mol. The highest BCUT2D eigenvalue weighted by molar-refractivity contribution is 7.47. The maximum absolute atomic E-state index is 12.7. The molecule has 49 heavy (non-hydrogen) atoms. The number of quaternary nitrogens is 1. The van der Waals surface area contributed by atoms with Crippen LogP contribution < -0.4 is 5.32 Å². The molecule has 0 aromatic heterocycles. The molecule has 0 fully saturated rings. The van der Waals surface area contributed by atoms with Gasteiger partial charge in [-0.2, -0.15) is 0 Å². The van der Waals surface area contributed by atoms with Crippen LogP contribution in [-0.4, -0.2) is 73.4 Å². The minimum Gasteiger partial charge on any atom is -0.387 e. The van der Waals surface area contributed by atoms with Crippen LogP contribution >= 0.6 is 7.82 Å². The highest BCUT2D eigenvalue weighted by Gasteiger charge is 2.27. The Morgan fingerprint density at radius 2 is 1.12 bits per heavy atom. The molecule has 0 bridgehead atoms. The zero-order chi connectivity index (χ0) is 36.5. The van der Waals surface area contributed by atoms with Gasteiger partial charge in [0.25, 0.3) is 0 Å². The molecule has 3 N–H and O–H groups in total. The Morgan fingerprint density at radius 3 is 1.63 bits per heavy atom. The van der Waals surface area contributed by atoms with Gasteiger partial charge in [-0.1, -0.05) is 160 Å². The van der Waals surface area contributed by atoms with Crippen molar-refractivity contribution in [2.75, 3.05) is 40.9 Å². The lowest BCUT2D eigenvalue weighted by Crippen LogP contribution is -2.45. The van der Waals surface area contributed by atoms with E-state index in [-0.39, 0.29) is 19.1 Å². The molecule has 0 aromatic carbocycles. The minimum absolute atomic E-state index is 0.0576. The van der Waals surface area contributed by atoms with Gasteiger partial charge in [0.1, 0.15) is 13.2 Å². The molecule has 3 atom stereocenters. The van der Waals surface area contributed by atoms with Crippen LogP contribution in [-0.2, 0) is 18.4 Å². The molecule has 0 heterocycles. The first kappa shape index (κ1) is 48.0. The summed E-state index contributed by atoms with van der Waals surface area (Å²) >= 11 is 0. The highest BCUT2D eigenvalue weighted by Crippen LogP contribution is 2.43. The van der Waals surface area contributed by atoms with E-state index < -0.39 is 20.0 Å². The summed E-state index contributed by atoms with van der Waals surface area (Å²) in [4.78, 5) is 22.9. The number of carbonyl (C=O) groups excluding carboxylic acids is 1. The molecule has 8 nitrogen and oxygen atoms in total. The van der Waals surface area contributed by atoms with Crippen molar-refractivity contribution < 1.29 is 32.9 Å². The fraction of sp³-hybridized carbons (Fsp3) is 0.875. The Kier molecular flexibility index (Phi) is 32.2. The van der Waals surface area contributed by atoms with Crippen molar-refractivity contribution in [3.63, 3.8) is 0 Å². The van der Waals surface area contributed by atoms with Crippen LogP contribution in [0.3, 0.4) is 0 Å². The van der Waals surface area contributed by atoms with Crippen LogP contribution in [0.2, 0.25) is 0 Å². The SMILES string of the molecule is CCCCCCCCCCCCCCC/C=C/CC/C=C/C(O)C(COP(=O)(O)OCC[N+](C)(C)C)NC(=O)CCCCCCCCCC. The summed E-state index contributed by atoms with van der Waals surface area (Å²) < 4.78 is 23.4. The number of nitrogens with zero attached hydrogens (tertiary/aromatic N) is 1. The fourth-order valence-corrected chi connectivity index (χ4v) is 6.38. The Hall–Kier alpha value is -1.02. The number of amides is 1. The van der Waals surface area contributed by atoms with Gasteiger partial charge in [-0.3, -0.25) is 13.8 Å². The Morgan fingerprint density at radius 1 is 0.673 bits per heavy atom. The Labute approximate surface area is 303 Å². The van der Waals surface area contributed by atoms with Gasteiger partial charge >= 0.3 is 7.82 Å². The molecule has 0 saturated carbocycles. The number of carbonyl (C=O) groups is 1. The van der Waals surface area contributed by atoms with Crippen LogP contribution in [0, 0.1) is 0 Å². The summed E-state index contributed by atoms with van der Waals surface area (Å²) in [5.74, 6) is -0.193. The first-order valence-corrected chi connectivity index (χ1v) is 21.7. The highest BCUT2D eigenvalue weighted by atomic mass is 31.2. The van der Waals surface area contributed by atoms with Gasteiger partial charge in [0, 0.05) is 6.42 Å². The number of aliphatic hydroxyl groups excluding tert-OH is 1. The van der Waals surface area contributed by atoms with E-state index in [2.05, 4.69) is 31.3 Å². The summed E-state index contributed by atoms with van der Waals surface area (Å²) in [6.45, 7) is 4.75. The van der Waals surface area contributed by atoms with Gasteiger partial charge in [0.2, 0.25) is 5.91 Å². The largest absolute Gasteiger partial charge is 0.472 e. The van der Waals surface area contributed by atoms with Crippen molar-refractivity contribution in [1.82, 2.24) is 5.32 Å². The van der Waals surface area contributed by atoms with E-state index in [4.69, 9.17) is 9.05 Å². The summed E-state index contributed by atoms with van der Waals surface area (Å²) in [5, 5.41) is 13.7. The summed E-state index contributed by atoms with van der Waals surface area (Å²) in [6.07, 6.45) is 36.9. The summed E-state index contributed by atoms with van der Waals surface area (Å²) in [7, 11) is 1.55. The van der Waals surface area contributed by atoms with E-state index in [0.29, 0.717) is 17.4 Å². The number of aliphatic hydroxyl groups is 1. The van der Waals surface area contributed by atoms with Crippen LogP contribution in [0.5, 0.6) is 0 Å². The van der Waals surface area contributed by atoms with Gasteiger partial charge < -0.3 is 19.8 Å². The third kappa shape index (κ3) is 35.2. The van der Waals surface area contributed by atoms with Gasteiger partial charge in [0.05, 0.1) is 39.9 Å². The minimum atomic E-state index is -4.33. The third-order valence-electron chi connectivity index (χ3n) is 8.92. The molecule has 0 aliphatic rings. The number of unbranched alkanes of at least 4 members (excludes halogenated alkanes) is 21. The van der Waals surface area contributed by atoms with Gasteiger partial charge in [0.15, 0.2) is 0 Å². The molecule has 0 radical (unpaired) electrons. The van der Waals surface area contributed by atoms with Crippen LogP contribution in [0.15, 0.2) is 24.3 Å². The van der Waals surface area contributed by atoms with E-state index in [9.17, 15) is 19.4 Å². The molecule has 9 heteroatoms. The Bertz CT molecular complexity index is 860. The molecule has 3 unspecified atom stereocenters. The van der Waals surface area contributed by atoms with Crippen molar-refractivity contribution in [2.24, 2.45) is 0 Å². The van der Waals surface area contributed by atoms with Crippen molar-refractivity contribution in [1.29, 1.82) is 0 Å². The van der Waals surface area contributed by atoms with E-state index in [1.165, 1.54) is 116 Å². The van der Waals surface area contributed by atoms with Crippen molar-refractivity contribution in [2.45, 2.75) is 187 Å². The van der Waals surface area contributed by atoms with Crippen LogP contribution in [0.1, 0.15) is 174 Å². The maximum Gasteiger partial charge on any atom is 0.472 e. The van der Waals surface area contributed by atoms with Crippen molar-refractivity contribution in [3.05, 3.63) is 24.3 Å². The number of likely N-dealkylation sites (N-methyl/N-ethyl adjacent to an activating group) is 1. The number of phosphoric acid groups is 1. The molecule has 0 rings (SSSR count). The normalized spacial score (nSPS) is 14.8. The number of hydrogen-bond donors (Lipinski definition) is 3. The Balaban J connectivity index is 4.44. The van der Waals surface area contributed by atoms with Crippen molar-refractivity contribution in [3.8, 4) is 0 Å². The van der Waals surface area contributed by atoms with E-state index in [1.54, 1.807) is 6.08 Å². The number of phosphoric ester groups is 1. The predicted octanol–water partition coefficient (Wildman–Crippen LogP) is 10.6. The fourth-order valence-electron chi connectivity index (χ4n) is 5.64. The van der Waals surface area contributed by atoms with E-state index >= 15 is 0 Å². The molecule has 0 aliphatic heterocycles. The topological polar surface area (TPSA) is 105 Å². The monoisotopic (exact) mass is 716 g/mol. The lowest BCUT2D eigenvalue weighted by molar-refractivity contribution is -0.870. The van der Waals surface area contributed by atoms with Crippen LogP contribution in [0.4, 0.5) is 0 Å². The lowest BCUT2D eigenvalue weighted by Gasteiger charge is -2.25. The molecule has 0 saturated heterocycles. The quantitative estimate of drug-likeness (QED) is 0.0258. The summed E-state index contributed by atoms with van der Waals surface area (Å²) in [6, 6.07) is -0.855. The second kappa shape index (κ2) is 32.9. The molecule has 0 aromatic rings. The van der Waals surface area contributed by atoms with Gasteiger partial charge in [-0.25, -0.2) is 4.57 Å². The smallest absolute Gasteiger partial charge is 0.387 e. The molecule has 0 spiro atoms. The lowest BCUT2D eigenvalue weighted by atomic mass is 10.0. The number of rotatable bonds is 36. The molecule has 1 amide bonds. The summed E-state index contributed by atoms with van der Waals surface area (Å²) in [5.41, 5.74) is 0. The molecular weight excluding hydrogens is 635 g/mol. The number of allylic oxidation sites excluding steroid dienone is 3. The molecule has 0 aliphatic carbocycles. The first-order valence-electron chi connectivity index (χ1n) is 20.2. The second-order valence-corrected chi connectivity index (χ2v) is 16.5. The molecule has 290 valence electrons. The van der Waals surface area contributed by atoms with Gasteiger partial charge in [-0.15, -0.1) is 0 Å². The van der Waals surface area contributed by atoms with E-state index in [0.717, 1.165) is 38.5 Å². The number of hydrogen-bond acceptors (Lipinski definition) is 5. The van der Waals surface area contributed by atoms with Crippen LogP contribution in [0.25, 0.3) is 0 Å². The zero-order valence-electron chi connectivity index (χ0n) is 32.7. The number of nitrogens with one attached hydrogen (secondary N) is 1. The van der Waals surface area contributed by atoms with Gasteiger partial charge in [-0.05, 0) is 32.1 Å². The second-order valence-electron chi connectivity index (χ2n) is 15.0. The predicted molar refractivity (Wildman–Crippen MR) is 208 cm³/mol. The van der Waals surface area contributed by atoms with E-state index in [1.807, 2.05) is 27.2 Å². The zero-order valence-corrected chi connectivity index (χ0v) is 33.6. The van der Waals surface area contributed by atoms with Crippen molar-refractivity contribution >= 4 is 13.7 Å². The maximum atomic E-state index is 12.7. The third-order valence-corrected chi connectivity index (χ3v) is 9.91. The standard InChI is InChI=1S/C40H79N2O6P/c1-6-8-10-12-14-16-17-18-19-20-21-22-23-24-25-26-27-29-31-33-39(43)38(37-48-49(45,46)47-36-35-42(3,4)5)41-40(44)34-32-30-28-15-13-11-9-7-2/h25-26,31,33,38-39,43H,6-24,27-30,32,34-37H2,1-5H3,(H-,41,44,45,46)/p+1/b26-25+,33-31+.